The van der Waals surface area contributed by atoms with Crippen LogP contribution in [-0.2, 0) is 5.54 Å². The van der Waals surface area contributed by atoms with Crippen molar-refractivity contribution in [2.45, 2.75) is 26.3 Å². The van der Waals surface area contributed by atoms with Gasteiger partial charge in [-0.15, -0.1) is 0 Å². The Morgan fingerprint density at radius 1 is 0.974 bits per heavy atom. The molecule has 2 aromatic carbocycles. The number of nitrogens with zero attached hydrogens (tertiary/aromatic N) is 4. The second-order valence-corrected chi connectivity index (χ2v) is 9.58. The number of carbonyl (C=O) groups is 1. The Labute approximate surface area is 218 Å². The molecule has 2 amide bonds. The van der Waals surface area contributed by atoms with Crippen LogP contribution in [0.25, 0.3) is 22.5 Å². The lowest BCUT2D eigenvalue weighted by Gasteiger charge is -2.18. The highest BCUT2D eigenvalue weighted by Crippen LogP contribution is 2.30. The number of aromatic nitrogens is 5. The van der Waals surface area contributed by atoms with E-state index in [4.69, 9.17) is 4.74 Å². The maximum atomic E-state index is 13.5. The first kappa shape index (κ1) is 24.7. The lowest BCUT2D eigenvalue weighted by molar-refractivity contribution is 0.262. The Morgan fingerprint density at radius 3 is 2.42 bits per heavy atom. The third kappa shape index (κ3) is 5.70. The predicted octanol–water partition coefficient (Wildman–Crippen LogP) is 6.67. The number of anilines is 2. The number of hydrogen-bond acceptors (Lipinski definition) is 5. The van der Waals surface area contributed by atoms with Crippen LogP contribution in [0.15, 0.2) is 85.5 Å². The molecule has 0 radical (unpaired) electrons. The number of halogens is 1. The van der Waals surface area contributed by atoms with Gasteiger partial charge in [0.2, 0.25) is 0 Å². The highest BCUT2D eigenvalue weighted by molar-refractivity contribution is 6.01. The molecule has 0 aliphatic carbocycles. The predicted molar refractivity (Wildman–Crippen MR) is 144 cm³/mol. The molecule has 5 rings (SSSR count). The summed E-state index contributed by atoms with van der Waals surface area (Å²) in [6.07, 6.45) is 6.88. The molecular formula is C28H26FN7O2. The number of rotatable bonds is 6. The van der Waals surface area contributed by atoms with E-state index in [0.29, 0.717) is 34.1 Å². The molecular weight excluding hydrogens is 485 g/mol. The van der Waals surface area contributed by atoms with Gasteiger partial charge >= 0.3 is 6.03 Å². The van der Waals surface area contributed by atoms with E-state index in [2.05, 4.69) is 30.9 Å². The van der Waals surface area contributed by atoms with Crippen molar-refractivity contribution in [3.63, 3.8) is 0 Å². The van der Waals surface area contributed by atoms with Gasteiger partial charge in [-0.25, -0.2) is 9.18 Å². The summed E-state index contributed by atoms with van der Waals surface area (Å²) in [5.41, 5.74) is 3.61. The van der Waals surface area contributed by atoms with Gasteiger partial charge in [0, 0.05) is 41.5 Å². The average molecular weight is 512 g/mol. The molecule has 0 atom stereocenters. The molecule has 3 aromatic heterocycles. The van der Waals surface area contributed by atoms with Crippen LogP contribution in [0.3, 0.4) is 0 Å². The average Bonchev–Trinajstić information content (AvgIpc) is 3.57. The summed E-state index contributed by atoms with van der Waals surface area (Å²) in [6.45, 7) is 6.02. The second kappa shape index (κ2) is 10.2. The molecule has 3 heterocycles. The maximum absolute atomic E-state index is 13.5. The van der Waals surface area contributed by atoms with Crippen LogP contribution in [0.2, 0.25) is 0 Å². The Hall–Kier alpha value is -4.99. The molecule has 0 aliphatic heterocycles. The number of H-pyrrole nitrogens is 1. The molecule has 0 fully saturated rings. The van der Waals surface area contributed by atoms with E-state index in [1.165, 1.54) is 12.1 Å². The first-order chi connectivity index (χ1) is 18.2. The zero-order valence-electron chi connectivity index (χ0n) is 21.1. The molecule has 9 nitrogen and oxygen atoms in total. The summed E-state index contributed by atoms with van der Waals surface area (Å²) in [7, 11) is 0. The maximum Gasteiger partial charge on any atom is 0.323 e. The molecule has 38 heavy (non-hydrogen) atoms. The van der Waals surface area contributed by atoms with Gasteiger partial charge in [0.05, 0.1) is 23.1 Å². The Morgan fingerprint density at radius 2 is 1.74 bits per heavy atom. The molecule has 0 aliphatic rings. The van der Waals surface area contributed by atoms with Gasteiger partial charge in [-0.1, -0.05) is 0 Å². The topological polar surface area (TPSA) is 110 Å². The zero-order valence-corrected chi connectivity index (χ0v) is 21.1. The summed E-state index contributed by atoms with van der Waals surface area (Å²) < 4.78 is 21.2. The fourth-order valence-corrected chi connectivity index (χ4v) is 3.68. The number of ether oxygens (including phenoxy) is 1. The van der Waals surface area contributed by atoms with E-state index in [1.54, 1.807) is 71.9 Å². The molecule has 0 saturated heterocycles. The van der Waals surface area contributed by atoms with Crippen LogP contribution in [0, 0.1) is 5.82 Å². The Bertz CT molecular complexity index is 1540. The van der Waals surface area contributed by atoms with Crippen molar-refractivity contribution >= 4 is 17.4 Å². The minimum atomic E-state index is -0.436. The summed E-state index contributed by atoms with van der Waals surface area (Å²) in [5, 5.41) is 17.0. The van der Waals surface area contributed by atoms with Crippen molar-refractivity contribution in [1.29, 1.82) is 0 Å². The van der Waals surface area contributed by atoms with Crippen molar-refractivity contribution in [2.75, 3.05) is 10.6 Å². The highest BCUT2D eigenvalue weighted by Gasteiger charge is 2.20. The van der Waals surface area contributed by atoms with Gasteiger partial charge in [0.15, 0.2) is 0 Å². The number of urea groups is 1. The summed E-state index contributed by atoms with van der Waals surface area (Å²) in [5.74, 6) is 0.884. The van der Waals surface area contributed by atoms with E-state index in [9.17, 15) is 9.18 Å². The van der Waals surface area contributed by atoms with E-state index in [0.717, 1.165) is 11.3 Å². The third-order valence-electron chi connectivity index (χ3n) is 5.64. The SMILES string of the molecule is CC(C)(C)n1cc(NC(=O)Nc2ccc(Oc3ccnc(-c4cn[nH]c4)c3)cc2)c(-c2ccc(F)cc2)n1. The zero-order chi connectivity index (χ0) is 26.7. The van der Waals surface area contributed by atoms with E-state index >= 15 is 0 Å². The number of nitrogens with one attached hydrogen (secondary N) is 3. The van der Waals surface area contributed by atoms with Crippen LogP contribution in [-0.4, -0.2) is 31.0 Å². The van der Waals surface area contributed by atoms with Crippen molar-refractivity contribution in [1.82, 2.24) is 25.0 Å². The first-order valence-corrected chi connectivity index (χ1v) is 11.9. The van der Waals surface area contributed by atoms with Crippen molar-refractivity contribution in [3.8, 4) is 34.0 Å². The number of benzene rings is 2. The molecule has 3 N–H and O–H groups in total. The van der Waals surface area contributed by atoms with Gasteiger partial charge in [0.1, 0.15) is 23.0 Å². The minimum absolute atomic E-state index is 0.310. The lowest BCUT2D eigenvalue weighted by atomic mass is 10.1. The Kier molecular flexibility index (Phi) is 6.61. The first-order valence-electron chi connectivity index (χ1n) is 11.9. The van der Waals surface area contributed by atoms with Crippen LogP contribution >= 0.6 is 0 Å². The van der Waals surface area contributed by atoms with Crippen LogP contribution < -0.4 is 15.4 Å². The van der Waals surface area contributed by atoms with Gasteiger partial charge in [-0.05, 0) is 75.4 Å². The van der Waals surface area contributed by atoms with Gasteiger partial charge in [-0.3, -0.25) is 14.8 Å². The fourth-order valence-electron chi connectivity index (χ4n) is 3.68. The van der Waals surface area contributed by atoms with Crippen molar-refractivity contribution in [2.24, 2.45) is 0 Å². The number of hydrogen-bond donors (Lipinski definition) is 3. The normalized spacial score (nSPS) is 11.3. The molecule has 0 saturated carbocycles. The third-order valence-corrected chi connectivity index (χ3v) is 5.64. The van der Waals surface area contributed by atoms with Crippen LogP contribution in [0.1, 0.15) is 20.8 Å². The quantitative estimate of drug-likeness (QED) is 0.236. The molecule has 5 aromatic rings. The second-order valence-electron chi connectivity index (χ2n) is 9.58. The number of amides is 2. The standard InChI is InChI=1S/C28H26FN7O2/c1-28(2,3)36-17-25(26(35-36)18-4-6-20(29)7-5-18)34-27(37)33-21-8-10-22(11-9-21)38-23-12-13-30-24(14-23)19-15-31-32-16-19/h4-17H,1-3H3,(H,31,32)(H2,33,34,37). The molecule has 0 bridgehead atoms. The van der Waals surface area contributed by atoms with E-state index in [1.807, 2.05) is 26.8 Å². The number of carbonyl (C=O) groups excluding carboxylic acids is 1. The molecule has 0 unspecified atom stereocenters. The molecule has 192 valence electrons. The number of aromatic amines is 1. The van der Waals surface area contributed by atoms with Crippen LogP contribution in [0.4, 0.5) is 20.6 Å². The van der Waals surface area contributed by atoms with Gasteiger partial charge in [-0.2, -0.15) is 10.2 Å². The van der Waals surface area contributed by atoms with E-state index in [-0.39, 0.29) is 11.4 Å². The number of pyridine rings is 1. The van der Waals surface area contributed by atoms with Crippen LogP contribution in [0.5, 0.6) is 11.5 Å². The smallest absolute Gasteiger partial charge is 0.323 e. The summed E-state index contributed by atoms with van der Waals surface area (Å²) >= 11 is 0. The lowest BCUT2D eigenvalue weighted by Crippen LogP contribution is -2.22. The largest absolute Gasteiger partial charge is 0.457 e. The minimum Gasteiger partial charge on any atom is -0.457 e. The van der Waals surface area contributed by atoms with Crippen molar-refractivity contribution in [3.05, 3.63) is 91.3 Å². The van der Waals surface area contributed by atoms with E-state index < -0.39 is 6.03 Å². The van der Waals surface area contributed by atoms with Gasteiger partial charge in [0.25, 0.3) is 0 Å². The highest BCUT2D eigenvalue weighted by atomic mass is 19.1. The monoisotopic (exact) mass is 511 g/mol. The summed E-state index contributed by atoms with van der Waals surface area (Å²) in [6, 6.07) is 16.1. The van der Waals surface area contributed by atoms with Crippen molar-refractivity contribution < 1.29 is 13.9 Å². The molecule has 0 spiro atoms. The van der Waals surface area contributed by atoms with Gasteiger partial charge < -0.3 is 15.4 Å². The fraction of sp³-hybridized carbons (Fsp3) is 0.143. The molecule has 10 heteroatoms. The Balaban J connectivity index is 1.27. The summed E-state index contributed by atoms with van der Waals surface area (Å²) in [4.78, 5) is 17.2.